The molecule has 142 valence electrons. The molecule has 0 aliphatic rings. The molecule has 4 aromatic rings. The van der Waals surface area contributed by atoms with Gasteiger partial charge < -0.3 is 10.5 Å². The van der Waals surface area contributed by atoms with Gasteiger partial charge in [0, 0.05) is 10.2 Å². The van der Waals surface area contributed by atoms with Crippen molar-refractivity contribution in [2.75, 3.05) is 5.73 Å². The molecule has 0 bridgehead atoms. The fraction of sp³-hybridized carbons (Fsp3) is 0.190. The van der Waals surface area contributed by atoms with Crippen LogP contribution in [-0.2, 0) is 4.74 Å². The van der Waals surface area contributed by atoms with E-state index < -0.39 is 5.97 Å². The van der Waals surface area contributed by atoms with E-state index in [9.17, 15) is 4.79 Å². The highest BCUT2D eigenvalue weighted by Crippen LogP contribution is 2.32. The molecule has 2 heterocycles. The molecule has 0 saturated heterocycles. The molecule has 0 aliphatic heterocycles. The third-order valence-electron chi connectivity index (χ3n) is 4.67. The topological polar surface area (TPSA) is 83.0 Å². The van der Waals surface area contributed by atoms with E-state index in [1.165, 1.54) is 0 Å². The maximum absolute atomic E-state index is 12.9. The summed E-state index contributed by atoms with van der Waals surface area (Å²) in [7, 11) is 0. The van der Waals surface area contributed by atoms with E-state index >= 15 is 0 Å². The third kappa shape index (κ3) is 3.11. The Kier molecular flexibility index (Phi) is 4.77. The zero-order chi connectivity index (χ0) is 19.8. The normalized spacial score (nSPS) is 12.4. The first kappa shape index (κ1) is 18.4. The number of carbonyl (C=O) groups excluding carboxylic acids is 1. The minimum absolute atomic E-state index is 0.216. The number of hydrogen-bond acceptors (Lipinski definition) is 5. The predicted octanol–water partition coefficient (Wildman–Crippen LogP) is 4.87. The molecule has 1 atom stereocenters. The van der Waals surface area contributed by atoms with Crippen LogP contribution in [0.2, 0.25) is 0 Å². The summed E-state index contributed by atoms with van der Waals surface area (Å²) in [6.45, 7) is 3.81. The van der Waals surface area contributed by atoms with Crippen LogP contribution in [0.25, 0.3) is 27.9 Å². The Morgan fingerprint density at radius 1 is 1.14 bits per heavy atom. The van der Waals surface area contributed by atoms with Crippen LogP contribution in [0.15, 0.2) is 53.0 Å². The number of nitrogens with zero attached hydrogens (tertiary/aromatic N) is 3. The van der Waals surface area contributed by atoms with Gasteiger partial charge in [-0.15, -0.1) is 0 Å². The van der Waals surface area contributed by atoms with Gasteiger partial charge in [0.25, 0.3) is 0 Å². The van der Waals surface area contributed by atoms with E-state index in [2.05, 4.69) is 20.9 Å². The average molecular weight is 439 g/mol. The van der Waals surface area contributed by atoms with Gasteiger partial charge in [-0.25, -0.2) is 14.8 Å². The fourth-order valence-corrected chi connectivity index (χ4v) is 3.30. The lowest BCUT2D eigenvalue weighted by Gasteiger charge is -2.11. The lowest BCUT2D eigenvalue weighted by Crippen LogP contribution is -2.15. The van der Waals surface area contributed by atoms with Gasteiger partial charge in [-0.2, -0.15) is 0 Å². The standard InChI is InChI=1S/C21H19BrN4O2/c1-3-12(2)28-21(27)17-18-20(25-16-7-5-4-6-15(16)24-18)26(19(17)23)14-10-8-13(22)9-11-14/h4-12H,3,23H2,1-2H3/t12-/m0/s1. The molecular formula is C21H19BrN4O2. The quantitative estimate of drug-likeness (QED) is 0.459. The lowest BCUT2D eigenvalue weighted by molar-refractivity contribution is 0.0338. The van der Waals surface area contributed by atoms with Gasteiger partial charge in [0.05, 0.1) is 17.1 Å². The van der Waals surface area contributed by atoms with Gasteiger partial charge in [0.1, 0.15) is 16.9 Å². The van der Waals surface area contributed by atoms with Crippen molar-refractivity contribution >= 4 is 49.9 Å². The van der Waals surface area contributed by atoms with Crippen LogP contribution in [0.5, 0.6) is 0 Å². The molecule has 0 amide bonds. The van der Waals surface area contributed by atoms with Crippen molar-refractivity contribution in [2.24, 2.45) is 0 Å². The van der Waals surface area contributed by atoms with E-state index in [0.717, 1.165) is 15.7 Å². The zero-order valence-electron chi connectivity index (χ0n) is 15.5. The van der Waals surface area contributed by atoms with Crippen molar-refractivity contribution in [3.05, 3.63) is 58.6 Å². The lowest BCUT2D eigenvalue weighted by atomic mass is 10.2. The first-order chi connectivity index (χ1) is 13.5. The zero-order valence-corrected chi connectivity index (χ0v) is 17.1. The number of nitrogens with two attached hydrogens (primary N) is 1. The number of benzene rings is 2. The molecule has 0 fully saturated rings. The molecule has 4 rings (SSSR count). The van der Waals surface area contributed by atoms with Crippen LogP contribution >= 0.6 is 15.9 Å². The molecule has 0 aliphatic carbocycles. The number of rotatable bonds is 4. The molecule has 0 saturated carbocycles. The number of ether oxygens (including phenoxy) is 1. The van der Waals surface area contributed by atoms with Crippen molar-refractivity contribution in [2.45, 2.75) is 26.4 Å². The number of esters is 1. The molecule has 6 nitrogen and oxygen atoms in total. The van der Waals surface area contributed by atoms with Crippen LogP contribution in [0.4, 0.5) is 5.82 Å². The van der Waals surface area contributed by atoms with E-state index in [1.807, 2.05) is 62.4 Å². The van der Waals surface area contributed by atoms with Gasteiger partial charge in [0.15, 0.2) is 5.65 Å². The van der Waals surface area contributed by atoms with Gasteiger partial charge in [-0.05, 0) is 49.7 Å². The maximum Gasteiger partial charge on any atom is 0.344 e. The van der Waals surface area contributed by atoms with Crippen molar-refractivity contribution in [3.8, 4) is 5.69 Å². The van der Waals surface area contributed by atoms with Gasteiger partial charge >= 0.3 is 5.97 Å². The third-order valence-corrected chi connectivity index (χ3v) is 5.20. The highest BCUT2D eigenvalue weighted by Gasteiger charge is 2.26. The first-order valence-corrected chi connectivity index (χ1v) is 9.82. The van der Waals surface area contributed by atoms with Crippen LogP contribution in [0, 0.1) is 0 Å². The molecule has 0 radical (unpaired) electrons. The molecule has 28 heavy (non-hydrogen) atoms. The number of carbonyl (C=O) groups is 1. The van der Waals surface area contributed by atoms with Gasteiger partial charge in [0.2, 0.25) is 0 Å². The second-order valence-corrected chi connectivity index (χ2v) is 7.50. The average Bonchev–Trinajstić information content (AvgIpc) is 2.97. The summed E-state index contributed by atoms with van der Waals surface area (Å²) in [4.78, 5) is 22.3. The second kappa shape index (κ2) is 7.24. The minimum atomic E-state index is -0.489. The predicted molar refractivity (Wildman–Crippen MR) is 114 cm³/mol. The number of halogens is 1. The Bertz CT molecular complexity index is 1180. The largest absolute Gasteiger partial charge is 0.459 e. The van der Waals surface area contributed by atoms with Crippen LogP contribution in [-0.4, -0.2) is 26.6 Å². The number of para-hydroxylation sites is 2. The molecule has 7 heteroatoms. The van der Waals surface area contributed by atoms with Crippen molar-refractivity contribution < 1.29 is 9.53 Å². The van der Waals surface area contributed by atoms with Crippen molar-refractivity contribution in [3.63, 3.8) is 0 Å². The second-order valence-electron chi connectivity index (χ2n) is 6.58. The van der Waals surface area contributed by atoms with Crippen molar-refractivity contribution in [1.29, 1.82) is 0 Å². The van der Waals surface area contributed by atoms with Gasteiger partial charge in [-0.3, -0.25) is 4.57 Å². The first-order valence-electron chi connectivity index (χ1n) is 9.03. The van der Waals surface area contributed by atoms with E-state index in [1.54, 1.807) is 4.57 Å². The summed E-state index contributed by atoms with van der Waals surface area (Å²) in [5, 5.41) is 0. The Morgan fingerprint density at radius 2 is 1.79 bits per heavy atom. The Hall–Kier alpha value is -2.93. The maximum atomic E-state index is 12.9. The fourth-order valence-electron chi connectivity index (χ4n) is 3.04. The number of fused-ring (bicyclic) bond motifs is 2. The molecular weight excluding hydrogens is 420 g/mol. The summed E-state index contributed by atoms with van der Waals surface area (Å²) in [6, 6.07) is 15.2. The summed E-state index contributed by atoms with van der Waals surface area (Å²) < 4.78 is 8.24. The number of nitrogen functional groups attached to an aromatic ring is 1. The Balaban J connectivity index is 2.02. The highest BCUT2D eigenvalue weighted by molar-refractivity contribution is 9.10. The van der Waals surface area contributed by atoms with Crippen LogP contribution < -0.4 is 5.73 Å². The molecule has 2 N–H and O–H groups in total. The minimum Gasteiger partial charge on any atom is -0.459 e. The number of aromatic nitrogens is 3. The summed E-state index contributed by atoms with van der Waals surface area (Å²) in [6.07, 6.45) is 0.498. The van der Waals surface area contributed by atoms with Gasteiger partial charge in [-0.1, -0.05) is 35.0 Å². The Labute approximate surface area is 170 Å². The van der Waals surface area contributed by atoms with E-state index in [-0.39, 0.29) is 17.5 Å². The molecule has 0 unspecified atom stereocenters. The van der Waals surface area contributed by atoms with E-state index in [0.29, 0.717) is 23.1 Å². The number of hydrogen-bond donors (Lipinski definition) is 1. The van der Waals surface area contributed by atoms with Crippen LogP contribution in [0.1, 0.15) is 30.6 Å². The highest BCUT2D eigenvalue weighted by atomic mass is 79.9. The molecule has 2 aromatic carbocycles. The number of anilines is 1. The monoisotopic (exact) mass is 438 g/mol. The SMILES string of the molecule is CC[C@H](C)OC(=O)c1c(N)n(-c2ccc(Br)cc2)c2nc3ccccc3nc12. The van der Waals surface area contributed by atoms with E-state index in [4.69, 9.17) is 15.5 Å². The van der Waals surface area contributed by atoms with Crippen molar-refractivity contribution in [1.82, 2.24) is 14.5 Å². The van der Waals surface area contributed by atoms with Crippen LogP contribution in [0.3, 0.4) is 0 Å². The summed E-state index contributed by atoms with van der Waals surface area (Å²) in [5.41, 5.74) is 9.86. The smallest absolute Gasteiger partial charge is 0.344 e. The summed E-state index contributed by atoms with van der Waals surface area (Å²) >= 11 is 3.44. The molecule has 2 aromatic heterocycles. The Morgan fingerprint density at radius 3 is 2.43 bits per heavy atom. The summed E-state index contributed by atoms with van der Waals surface area (Å²) in [5.74, 6) is -0.224. The molecule has 0 spiro atoms.